The van der Waals surface area contributed by atoms with Crippen LogP contribution in [0.5, 0.6) is 5.75 Å². The van der Waals surface area contributed by atoms with Crippen LogP contribution < -0.4 is 15.7 Å². The fraction of sp³-hybridized carbons (Fsp3) is 0.118. The summed E-state index contributed by atoms with van der Waals surface area (Å²) in [5.74, 6) is 0.829. The lowest BCUT2D eigenvalue weighted by atomic mass is 10.2. The van der Waals surface area contributed by atoms with Crippen molar-refractivity contribution < 1.29 is 4.74 Å². The van der Waals surface area contributed by atoms with Gasteiger partial charge in [0.1, 0.15) is 12.4 Å². The second-order valence-corrected chi connectivity index (χ2v) is 4.94. The Labute approximate surface area is 139 Å². The summed E-state index contributed by atoms with van der Waals surface area (Å²) in [6, 6.07) is 13.6. The van der Waals surface area contributed by atoms with Crippen LogP contribution in [0.1, 0.15) is 5.56 Å². The average Bonchev–Trinajstić information content (AvgIpc) is 2.91. The number of hydrogen-bond acceptors (Lipinski definition) is 3. The first-order valence-electron chi connectivity index (χ1n) is 7.03. The summed E-state index contributed by atoms with van der Waals surface area (Å²) in [6.07, 6.45) is 1.72. The van der Waals surface area contributed by atoms with Crippen molar-refractivity contribution in [2.45, 2.75) is 6.54 Å². The summed E-state index contributed by atoms with van der Waals surface area (Å²) in [5, 5.41) is 3.33. The van der Waals surface area contributed by atoms with Crippen molar-refractivity contribution >= 4 is 29.1 Å². The van der Waals surface area contributed by atoms with Crippen LogP contribution in [0.15, 0.2) is 59.9 Å². The van der Waals surface area contributed by atoms with Crippen molar-refractivity contribution in [3.63, 3.8) is 0 Å². The average molecular weight is 332 g/mol. The Morgan fingerprint density at radius 2 is 1.83 bits per heavy atom. The van der Waals surface area contributed by atoms with Crippen LogP contribution in [0.25, 0.3) is 11.0 Å². The summed E-state index contributed by atoms with van der Waals surface area (Å²) in [4.78, 5) is 16.7. The molecule has 5 nitrogen and oxygen atoms in total. The largest absolute Gasteiger partial charge is 0.490 e. The number of hydrogen-bond donors (Lipinski definition) is 3. The molecule has 0 amide bonds. The lowest BCUT2D eigenvalue weighted by molar-refractivity contribution is 0.363. The van der Waals surface area contributed by atoms with Crippen molar-refractivity contribution in [1.29, 1.82) is 0 Å². The molecular weight excluding hydrogens is 314 g/mol. The zero-order valence-corrected chi connectivity index (χ0v) is 13.3. The van der Waals surface area contributed by atoms with Gasteiger partial charge in [-0.05, 0) is 35.9 Å². The highest BCUT2D eigenvalue weighted by Gasteiger charge is 2.00. The Hall–Kier alpha value is -2.66. The Morgan fingerprint density at radius 1 is 1.09 bits per heavy atom. The molecule has 0 bridgehead atoms. The van der Waals surface area contributed by atoms with Crippen LogP contribution in [0.4, 0.5) is 5.69 Å². The predicted octanol–water partition coefficient (Wildman–Crippen LogP) is 3.45. The molecule has 0 aliphatic heterocycles. The molecule has 0 saturated heterocycles. The van der Waals surface area contributed by atoms with Gasteiger partial charge < -0.3 is 20.0 Å². The quantitative estimate of drug-likeness (QED) is 0.606. The van der Waals surface area contributed by atoms with Crippen molar-refractivity contribution in [2.24, 2.45) is 0 Å². The number of fused-ring (bicyclic) bond motifs is 1. The van der Waals surface area contributed by atoms with Gasteiger partial charge in [-0.15, -0.1) is 12.4 Å². The molecule has 2 aromatic carbocycles. The first kappa shape index (κ1) is 16.7. The van der Waals surface area contributed by atoms with Crippen LogP contribution in [-0.4, -0.2) is 16.6 Å². The Bertz CT molecular complexity index is 837. The summed E-state index contributed by atoms with van der Waals surface area (Å²) in [6.45, 7) is 4.82. The lowest BCUT2D eigenvalue weighted by Gasteiger charge is -2.08. The molecule has 23 heavy (non-hydrogen) atoms. The van der Waals surface area contributed by atoms with Crippen LogP contribution >= 0.6 is 12.4 Å². The van der Waals surface area contributed by atoms with Gasteiger partial charge in [-0.25, -0.2) is 4.79 Å². The third kappa shape index (κ3) is 4.17. The molecule has 120 valence electrons. The normalized spacial score (nSPS) is 10.1. The second kappa shape index (κ2) is 7.56. The van der Waals surface area contributed by atoms with Gasteiger partial charge in [0.2, 0.25) is 0 Å². The number of imidazole rings is 1. The molecule has 1 heterocycles. The molecule has 0 saturated carbocycles. The fourth-order valence-corrected chi connectivity index (χ4v) is 2.21. The van der Waals surface area contributed by atoms with Crippen molar-refractivity contribution in [3.05, 3.63) is 71.2 Å². The van der Waals surface area contributed by atoms with Crippen molar-refractivity contribution in [1.82, 2.24) is 9.97 Å². The van der Waals surface area contributed by atoms with Crippen LogP contribution in [0, 0.1) is 0 Å². The molecular formula is C17H18ClN3O2. The molecule has 0 radical (unpaired) electrons. The topological polar surface area (TPSA) is 69.9 Å². The van der Waals surface area contributed by atoms with E-state index in [4.69, 9.17) is 4.74 Å². The van der Waals surface area contributed by atoms with Gasteiger partial charge >= 0.3 is 5.69 Å². The van der Waals surface area contributed by atoms with Gasteiger partial charge in [0.15, 0.2) is 0 Å². The minimum atomic E-state index is -0.192. The molecule has 3 N–H and O–H groups in total. The first-order chi connectivity index (χ1) is 10.7. The second-order valence-electron chi connectivity index (χ2n) is 4.94. The number of benzene rings is 2. The van der Waals surface area contributed by atoms with Gasteiger partial charge in [-0.1, -0.05) is 24.8 Å². The molecule has 6 heteroatoms. The van der Waals surface area contributed by atoms with E-state index >= 15 is 0 Å². The molecule has 0 fully saturated rings. The summed E-state index contributed by atoms with van der Waals surface area (Å²) in [5.41, 5.74) is 3.51. The standard InChI is InChI=1S/C17H17N3O2.ClH/c1-2-9-22-14-6-3-12(4-7-14)11-18-13-5-8-15-16(10-13)20-17(21)19-15;/h2-8,10,18H,1,9,11H2,(H2,19,20,21);1H. The van der Waals surface area contributed by atoms with E-state index in [9.17, 15) is 4.79 Å². The molecule has 0 atom stereocenters. The van der Waals surface area contributed by atoms with E-state index in [1.807, 2.05) is 42.5 Å². The highest BCUT2D eigenvalue weighted by atomic mass is 35.5. The van der Waals surface area contributed by atoms with Gasteiger partial charge in [0, 0.05) is 12.2 Å². The number of ether oxygens (including phenoxy) is 1. The minimum Gasteiger partial charge on any atom is -0.490 e. The highest BCUT2D eigenvalue weighted by molar-refractivity contribution is 5.85. The van der Waals surface area contributed by atoms with E-state index in [-0.39, 0.29) is 18.1 Å². The van der Waals surface area contributed by atoms with E-state index in [0.29, 0.717) is 13.2 Å². The summed E-state index contributed by atoms with van der Waals surface area (Å²) >= 11 is 0. The lowest BCUT2D eigenvalue weighted by Crippen LogP contribution is -2.00. The zero-order valence-electron chi connectivity index (χ0n) is 12.5. The predicted molar refractivity (Wildman–Crippen MR) is 95.6 cm³/mol. The summed E-state index contributed by atoms with van der Waals surface area (Å²) < 4.78 is 5.45. The molecule has 0 aliphatic rings. The minimum absolute atomic E-state index is 0. The Kier molecular flexibility index (Phi) is 5.49. The Morgan fingerprint density at radius 3 is 2.57 bits per heavy atom. The number of rotatable bonds is 6. The smallest absolute Gasteiger partial charge is 0.323 e. The SMILES string of the molecule is C=CCOc1ccc(CNc2ccc3[nH]c(=O)[nH]c3c2)cc1.Cl. The van der Waals surface area contributed by atoms with Crippen LogP contribution in [0.2, 0.25) is 0 Å². The van der Waals surface area contributed by atoms with Gasteiger partial charge in [-0.2, -0.15) is 0 Å². The van der Waals surface area contributed by atoms with E-state index in [1.54, 1.807) is 6.08 Å². The molecule has 0 aliphatic carbocycles. The molecule has 3 aromatic rings. The van der Waals surface area contributed by atoms with Gasteiger partial charge in [0.05, 0.1) is 11.0 Å². The zero-order chi connectivity index (χ0) is 15.4. The highest BCUT2D eigenvalue weighted by Crippen LogP contribution is 2.17. The molecule has 0 unspecified atom stereocenters. The van der Waals surface area contributed by atoms with E-state index < -0.39 is 0 Å². The van der Waals surface area contributed by atoms with E-state index in [2.05, 4.69) is 21.9 Å². The Balaban J connectivity index is 0.00000192. The maximum atomic E-state index is 11.2. The molecule has 0 spiro atoms. The molecule has 1 aromatic heterocycles. The summed E-state index contributed by atoms with van der Waals surface area (Å²) in [7, 11) is 0. The first-order valence-corrected chi connectivity index (χ1v) is 7.03. The number of H-pyrrole nitrogens is 2. The maximum absolute atomic E-state index is 11.2. The van der Waals surface area contributed by atoms with Gasteiger partial charge in [-0.3, -0.25) is 0 Å². The molecule has 3 rings (SSSR count). The van der Waals surface area contributed by atoms with Gasteiger partial charge in [0.25, 0.3) is 0 Å². The third-order valence-electron chi connectivity index (χ3n) is 3.30. The number of halogens is 1. The number of nitrogens with one attached hydrogen (secondary N) is 3. The fourth-order valence-electron chi connectivity index (χ4n) is 2.21. The number of aromatic nitrogens is 2. The van der Waals surface area contributed by atoms with Crippen LogP contribution in [-0.2, 0) is 6.54 Å². The van der Waals surface area contributed by atoms with Crippen LogP contribution in [0.3, 0.4) is 0 Å². The van der Waals surface area contributed by atoms with E-state index in [0.717, 1.165) is 28.0 Å². The maximum Gasteiger partial charge on any atom is 0.323 e. The number of aromatic amines is 2. The van der Waals surface area contributed by atoms with Crippen molar-refractivity contribution in [2.75, 3.05) is 11.9 Å². The third-order valence-corrected chi connectivity index (χ3v) is 3.30. The van der Waals surface area contributed by atoms with Crippen molar-refractivity contribution in [3.8, 4) is 5.75 Å². The van der Waals surface area contributed by atoms with E-state index in [1.165, 1.54) is 0 Å². The monoisotopic (exact) mass is 331 g/mol. The number of anilines is 1.